The number of nitrogens with one attached hydrogen (secondary N) is 2. The third kappa shape index (κ3) is 9.01. The van der Waals surface area contributed by atoms with Gasteiger partial charge >= 0.3 is 6.18 Å². The average Bonchev–Trinajstić information content (AvgIpc) is 3.31. The maximum Gasteiger partial charge on any atom is 0.389 e. The number of hydrogen-bond donors (Lipinski definition) is 3. The second kappa shape index (κ2) is 14.7. The minimum Gasteiger partial charge on any atom is -0.497 e. The van der Waals surface area contributed by atoms with Crippen molar-refractivity contribution in [3.8, 4) is 5.75 Å². The fraction of sp³-hybridized carbons (Fsp3) is 0.500. The standard InChI is InChI=1S/C32H38F5N3O5/c1-18(16-32(35,36)37)31(43)40(2)27-6-4-5-9-45-29-15-25(24-14-22(44-3)7-8-23(24)29)38-17-28(41)26(39-30(27)42)12-19-10-20(33)13-21(34)11-19/h4-5,7-8,10-11,13-14,18,25-29,38,41H,6,9,12,15-17H2,1-3H3,(H,39,42)/b5-4+/t18?,25-,26+,27-,28-,29+/m1/s1. The molecule has 0 saturated heterocycles. The molecule has 2 aliphatic rings. The summed E-state index contributed by atoms with van der Waals surface area (Å²) in [6.45, 7) is 1.26. The highest BCUT2D eigenvalue weighted by molar-refractivity contribution is 5.88. The number of ether oxygens (including phenoxy) is 2. The van der Waals surface area contributed by atoms with Crippen LogP contribution in [0.1, 0.15) is 55.0 Å². The highest BCUT2D eigenvalue weighted by Crippen LogP contribution is 2.42. The van der Waals surface area contributed by atoms with Crippen molar-refractivity contribution >= 4 is 11.8 Å². The molecular formula is C32H38F5N3O5. The molecule has 0 spiro atoms. The lowest BCUT2D eigenvalue weighted by molar-refractivity contribution is -0.159. The molecular weight excluding hydrogens is 601 g/mol. The lowest BCUT2D eigenvalue weighted by Crippen LogP contribution is -2.55. The molecule has 0 aromatic heterocycles. The summed E-state index contributed by atoms with van der Waals surface area (Å²) in [5, 5.41) is 17.3. The topological polar surface area (TPSA) is 100 Å². The van der Waals surface area contributed by atoms with E-state index in [2.05, 4.69) is 10.6 Å². The van der Waals surface area contributed by atoms with E-state index in [9.17, 15) is 36.6 Å². The molecule has 2 bridgehead atoms. The Morgan fingerprint density at radius 2 is 1.84 bits per heavy atom. The first-order chi connectivity index (χ1) is 21.3. The number of methoxy groups -OCH3 is 1. The van der Waals surface area contributed by atoms with Crippen LogP contribution >= 0.6 is 0 Å². The fourth-order valence-electron chi connectivity index (χ4n) is 5.89. The van der Waals surface area contributed by atoms with E-state index in [-0.39, 0.29) is 43.7 Å². The Morgan fingerprint density at radius 1 is 1.13 bits per heavy atom. The number of alkyl halides is 3. The summed E-state index contributed by atoms with van der Waals surface area (Å²) in [5.41, 5.74) is 2.02. The first-order valence-corrected chi connectivity index (χ1v) is 14.7. The Morgan fingerprint density at radius 3 is 2.51 bits per heavy atom. The summed E-state index contributed by atoms with van der Waals surface area (Å²) >= 11 is 0. The van der Waals surface area contributed by atoms with Gasteiger partial charge in [0, 0.05) is 31.6 Å². The molecule has 2 aromatic carbocycles. The number of carbonyl (C=O) groups is 2. The number of carbonyl (C=O) groups excluding carboxylic acids is 2. The van der Waals surface area contributed by atoms with Gasteiger partial charge in [0.1, 0.15) is 23.4 Å². The Hall–Kier alpha value is -3.55. The number of fused-ring (bicyclic) bond motifs is 5. The second-order valence-corrected chi connectivity index (χ2v) is 11.6. The summed E-state index contributed by atoms with van der Waals surface area (Å²) in [4.78, 5) is 27.6. The molecule has 6 atom stereocenters. The Kier molecular flexibility index (Phi) is 11.2. The zero-order valence-corrected chi connectivity index (χ0v) is 25.2. The van der Waals surface area contributed by atoms with Crippen LogP contribution in [0.5, 0.6) is 5.75 Å². The summed E-state index contributed by atoms with van der Waals surface area (Å²) in [6, 6.07) is 5.90. The maximum absolute atomic E-state index is 14.0. The van der Waals surface area contributed by atoms with Gasteiger partial charge in [0.2, 0.25) is 11.8 Å². The quantitative estimate of drug-likeness (QED) is 0.318. The van der Waals surface area contributed by atoms with Gasteiger partial charge in [-0.1, -0.05) is 25.1 Å². The van der Waals surface area contributed by atoms with Crippen LogP contribution in [0.15, 0.2) is 48.6 Å². The van der Waals surface area contributed by atoms with Gasteiger partial charge in [0.15, 0.2) is 0 Å². The molecule has 3 N–H and O–H groups in total. The third-order valence-electron chi connectivity index (χ3n) is 8.21. The maximum atomic E-state index is 14.0. The average molecular weight is 640 g/mol. The molecule has 4 rings (SSSR count). The highest BCUT2D eigenvalue weighted by Gasteiger charge is 2.38. The van der Waals surface area contributed by atoms with Crippen molar-refractivity contribution < 1.29 is 46.1 Å². The number of hydrogen-bond acceptors (Lipinski definition) is 6. The van der Waals surface area contributed by atoms with Crippen LogP contribution in [0.2, 0.25) is 0 Å². The van der Waals surface area contributed by atoms with E-state index in [4.69, 9.17) is 9.47 Å². The molecule has 13 heteroatoms. The van der Waals surface area contributed by atoms with Gasteiger partial charge in [-0.15, -0.1) is 0 Å². The zero-order chi connectivity index (χ0) is 32.9. The third-order valence-corrected chi connectivity index (χ3v) is 8.21. The lowest BCUT2D eigenvalue weighted by atomic mass is 9.98. The SMILES string of the molecule is COc1ccc2c(c1)[C@H]1C[C@@H]2OC/C=C/C[C@@H](N(C)C(=O)C(C)CC(F)(F)F)C(=O)N[C@@H](Cc2cc(F)cc(F)c2)[C@H](O)CN1. The smallest absolute Gasteiger partial charge is 0.389 e. The number of benzene rings is 2. The van der Waals surface area contributed by atoms with E-state index < -0.39 is 60.2 Å². The monoisotopic (exact) mass is 639 g/mol. The van der Waals surface area contributed by atoms with Crippen molar-refractivity contribution in [2.45, 2.75) is 69.1 Å². The molecule has 1 unspecified atom stereocenters. The van der Waals surface area contributed by atoms with Gasteiger partial charge in [0.25, 0.3) is 0 Å². The number of likely N-dealkylation sites (N-methyl/N-ethyl adjacent to an activating group) is 1. The summed E-state index contributed by atoms with van der Waals surface area (Å²) in [7, 11) is 2.80. The summed E-state index contributed by atoms with van der Waals surface area (Å²) in [5.74, 6) is -4.11. The number of halogens is 5. The molecule has 2 aromatic rings. The van der Waals surface area contributed by atoms with Gasteiger partial charge < -0.3 is 30.1 Å². The van der Waals surface area contributed by atoms with E-state index in [1.807, 2.05) is 18.2 Å². The van der Waals surface area contributed by atoms with Gasteiger partial charge in [-0.05, 0) is 60.2 Å². The fourth-order valence-corrected chi connectivity index (χ4v) is 5.89. The number of nitrogens with zero attached hydrogens (tertiary/aromatic N) is 1. The Balaban J connectivity index is 1.65. The van der Waals surface area contributed by atoms with Crippen LogP contribution in [0.3, 0.4) is 0 Å². The van der Waals surface area contributed by atoms with Crippen LogP contribution in [0.25, 0.3) is 0 Å². The minimum atomic E-state index is -4.58. The van der Waals surface area contributed by atoms with Crippen molar-refractivity contribution in [2.75, 3.05) is 27.3 Å². The van der Waals surface area contributed by atoms with E-state index in [1.54, 1.807) is 19.3 Å². The van der Waals surface area contributed by atoms with Crippen molar-refractivity contribution in [1.82, 2.24) is 15.5 Å². The van der Waals surface area contributed by atoms with Crippen LogP contribution in [-0.4, -0.2) is 73.5 Å². The minimum absolute atomic E-state index is 0.0446. The van der Waals surface area contributed by atoms with Gasteiger partial charge in [-0.25, -0.2) is 8.78 Å². The second-order valence-electron chi connectivity index (χ2n) is 11.6. The van der Waals surface area contributed by atoms with E-state index in [0.717, 1.165) is 35.1 Å². The van der Waals surface area contributed by atoms with Crippen molar-refractivity contribution in [3.05, 3.63) is 76.9 Å². The molecule has 0 radical (unpaired) electrons. The van der Waals surface area contributed by atoms with E-state index in [1.165, 1.54) is 7.05 Å². The molecule has 0 saturated carbocycles. The summed E-state index contributed by atoms with van der Waals surface area (Å²) < 4.78 is 78.7. The number of aliphatic hydroxyl groups is 1. The predicted molar refractivity (Wildman–Crippen MR) is 155 cm³/mol. The van der Waals surface area contributed by atoms with E-state index in [0.29, 0.717) is 18.2 Å². The van der Waals surface area contributed by atoms with Crippen LogP contribution in [0.4, 0.5) is 22.0 Å². The largest absolute Gasteiger partial charge is 0.497 e. The lowest BCUT2D eigenvalue weighted by Gasteiger charge is -2.32. The normalized spacial score (nSPS) is 25.7. The number of rotatable bonds is 6. The molecule has 45 heavy (non-hydrogen) atoms. The van der Waals surface area contributed by atoms with Crippen LogP contribution in [-0.2, 0) is 20.7 Å². The van der Waals surface area contributed by atoms with Crippen LogP contribution in [0, 0.1) is 17.6 Å². The number of amides is 2. The Labute approximate surface area is 258 Å². The molecule has 246 valence electrons. The van der Waals surface area contributed by atoms with Gasteiger partial charge in [-0.2, -0.15) is 13.2 Å². The van der Waals surface area contributed by atoms with Crippen LogP contribution < -0.4 is 15.4 Å². The Bertz CT molecular complexity index is 1370. The summed E-state index contributed by atoms with van der Waals surface area (Å²) in [6.07, 6.45) is -3.94. The van der Waals surface area contributed by atoms with Gasteiger partial charge in [-0.3, -0.25) is 9.59 Å². The first kappa shape index (κ1) is 34.3. The molecule has 1 aliphatic heterocycles. The first-order valence-electron chi connectivity index (χ1n) is 14.7. The zero-order valence-electron chi connectivity index (χ0n) is 25.2. The van der Waals surface area contributed by atoms with Crippen molar-refractivity contribution in [3.63, 3.8) is 0 Å². The van der Waals surface area contributed by atoms with Gasteiger partial charge in [0.05, 0.1) is 38.4 Å². The molecule has 8 nitrogen and oxygen atoms in total. The molecule has 1 heterocycles. The van der Waals surface area contributed by atoms with Crippen molar-refractivity contribution in [1.29, 1.82) is 0 Å². The molecule has 2 amide bonds. The molecule has 1 aliphatic carbocycles. The number of β-amino-alcohol motifs (C(OH)–C–C–N with tert-alkyl or cyclic N) is 1. The highest BCUT2D eigenvalue weighted by atomic mass is 19.4. The van der Waals surface area contributed by atoms with Crippen molar-refractivity contribution in [2.24, 2.45) is 5.92 Å². The van der Waals surface area contributed by atoms with E-state index >= 15 is 0 Å². The molecule has 0 fully saturated rings. The number of aliphatic hydroxyl groups excluding tert-OH is 1. The predicted octanol–water partition coefficient (Wildman–Crippen LogP) is 4.53.